The van der Waals surface area contributed by atoms with E-state index in [1.165, 1.54) is 24.0 Å². The maximum Gasteiger partial charge on any atom is 0.312 e. The van der Waals surface area contributed by atoms with Crippen molar-refractivity contribution in [2.75, 3.05) is 27.2 Å². The van der Waals surface area contributed by atoms with E-state index in [4.69, 9.17) is 5.73 Å². The Morgan fingerprint density at radius 2 is 1.39 bits per heavy atom. The fraction of sp³-hybridized carbons (Fsp3) is 0.569. The maximum absolute atomic E-state index is 14.4. The Labute approximate surface area is 472 Å². The van der Waals surface area contributed by atoms with E-state index in [1.807, 2.05) is 78.8 Å². The molecule has 4 rings (SSSR count). The van der Waals surface area contributed by atoms with Crippen molar-refractivity contribution in [3.63, 3.8) is 0 Å². The van der Waals surface area contributed by atoms with Gasteiger partial charge in [-0.1, -0.05) is 129 Å². The topological polar surface area (TPSA) is 304 Å². The molecule has 1 fully saturated rings. The van der Waals surface area contributed by atoms with Crippen molar-refractivity contribution in [2.24, 2.45) is 23.0 Å². The lowest BCUT2D eigenvalue weighted by atomic mass is 9.76. The van der Waals surface area contributed by atoms with Gasteiger partial charge in [-0.05, 0) is 86.4 Å². The van der Waals surface area contributed by atoms with E-state index < -0.39 is 92.0 Å². The van der Waals surface area contributed by atoms with Crippen LogP contribution in [-0.4, -0.2) is 129 Å². The highest BCUT2D eigenvalue weighted by molar-refractivity contribution is 7.89. The fourth-order valence-electron chi connectivity index (χ4n) is 9.71. The summed E-state index contributed by atoms with van der Waals surface area (Å²) in [6, 6.07) is 11.0. The molecular formula is C58H86N10O11S. The van der Waals surface area contributed by atoms with Crippen molar-refractivity contribution in [1.29, 1.82) is 0 Å². The number of unbranched alkanes of at least 4 members (excludes halogenated alkanes) is 2. The first-order valence-corrected chi connectivity index (χ1v) is 29.1. The highest BCUT2D eigenvalue weighted by Crippen LogP contribution is 2.45. The first-order chi connectivity index (χ1) is 37.3. The van der Waals surface area contributed by atoms with E-state index in [0.29, 0.717) is 43.2 Å². The molecule has 2 aromatic carbocycles. The minimum absolute atomic E-state index is 0.0581. The summed E-state index contributed by atoms with van der Waals surface area (Å²) >= 11 is 0. The zero-order valence-electron chi connectivity index (χ0n) is 48.6. The van der Waals surface area contributed by atoms with Crippen LogP contribution in [-0.2, 0) is 65.1 Å². The van der Waals surface area contributed by atoms with Crippen LogP contribution in [0.1, 0.15) is 137 Å². The molecule has 0 radical (unpaired) electrons. The minimum atomic E-state index is -4.25. The number of hydrogen-bond donors (Lipinski definition) is 8. The van der Waals surface area contributed by atoms with Gasteiger partial charge in [0.15, 0.2) is 0 Å². The number of carbonyl (C=O) groups excluding carboxylic acids is 9. The number of nitrogens with one attached hydrogen (secondary N) is 7. The largest absolute Gasteiger partial charge is 0.352 e. The van der Waals surface area contributed by atoms with Crippen molar-refractivity contribution in [3.8, 4) is 0 Å². The van der Waals surface area contributed by atoms with Crippen LogP contribution in [0.15, 0.2) is 78.4 Å². The number of primary amides is 1. The number of nitrogens with two attached hydrogens (primary N) is 1. The molecule has 1 aliphatic carbocycles. The summed E-state index contributed by atoms with van der Waals surface area (Å²) in [7, 11) is -0.964. The number of nitrogens with zero attached hydrogens (tertiary/aromatic N) is 2. The molecule has 80 heavy (non-hydrogen) atoms. The lowest BCUT2D eigenvalue weighted by molar-refractivity contribution is -0.141. The first-order valence-electron chi connectivity index (χ1n) is 27.4. The van der Waals surface area contributed by atoms with Gasteiger partial charge in [0.25, 0.3) is 17.7 Å². The standard InChI is InChI=1S/C58H86N10O11S/c1-36(2)43(67(12)54(76)49(56(6,7)8)64-53(75)48(60-11)57(9,10)40-20-15-13-16-21-40)34-38(5)50(72)66-80(78,79)35-39-24-26-41(27-25-39)58(30-31-58)65-51(73)42(22-19-32-61-55(59)77)62-52(74)47(37(3)4)63-44(69)23-17-14-18-33-68-45(70)28-29-46(68)71/h13,15-16,20-21,24-29,34,36-37,42-43,47-49,60H,14,17-19,22-23,30-33,35H2,1-12H3,(H,62,74)(H,63,69)(H,64,75)(H,65,73)(H,66,72)(H3,59,61,77)/t42-,43-,47-,48-,49-/m1/s1. The summed E-state index contributed by atoms with van der Waals surface area (Å²) in [5.74, 6) is -4.99. The molecule has 0 aromatic heterocycles. The molecule has 1 aliphatic heterocycles. The fourth-order valence-corrected chi connectivity index (χ4v) is 10.9. The lowest BCUT2D eigenvalue weighted by Gasteiger charge is -2.40. The quantitative estimate of drug-likeness (QED) is 0.0315. The molecule has 22 heteroatoms. The second-order valence-electron chi connectivity index (χ2n) is 23.4. The Kier molecular flexibility index (Phi) is 23.3. The van der Waals surface area contributed by atoms with Crippen LogP contribution < -0.4 is 42.4 Å². The van der Waals surface area contributed by atoms with Crippen molar-refractivity contribution < 1.29 is 51.6 Å². The Balaban J connectivity index is 1.39. The number of hydrogen-bond acceptors (Lipinski definition) is 12. The summed E-state index contributed by atoms with van der Waals surface area (Å²) < 4.78 is 29.2. The van der Waals surface area contributed by atoms with Gasteiger partial charge in [-0.15, -0.1) is 0 Å². The lowest BCUT2D eigenvalue weighted by Crippen LogP contribution is -2.61. The molecule has 440 valence electrons. The second kappa shape index (κ2) is 28.5. The zero-order valence-corrected chi connectivity index (χ0v) is 49.4. The summed E-state index contributed by atoms with van der Waals surface area (Å²) in [5.41, 5.74) is 5.08. The van der Waals surface area contributed by atoms with E-state index in [2.05, 4.69) is 36.6 Å². The minimum Gasteiger partial charge on any atom is -0.352 e. The third-order valence-corrected chi connectivity index (χ3v) is 15.9. The molecular weight excluding hydrogens is 1040 g/mol. The van der Waals surface area contributed by atoms with Gasteiger partial charge in [0.2, 0.25) is 39.6 Å². The molecule has 2 aliphatic rings. The van der Waals surface area contributed by atoms with Gasteiger partial charge in [-0.2, -0.15) is 0 Å². The number of likely N-dealkylation sites (N-methyl/N-ethyl adjacent to an activating group) is 2. The maximum atomic E-state index is 14.4. The molecule has 9 N–H and O–H groups in total. The molecule has 5 atom stereocenters. The number of urea groups is 1. The smallest absolute Gasteiger partial charge is 0.312 e. The third kappa shape index (κ3) is 18.6. The van der Waals surface area contributed by atoms with Gasteiger partial charge >= 0.3 is 6.03 Å². The van der Waals surface area contributed by atoms with Crippen molar-refractivity contribution in [3.05, 3.63) is 95.1 Å². The monoisotopic (exact) mass is 1130 g/mol. The average Bonchev–Trinajstić information content (AvgIpc) is 4.09. The first kappa shape index (κ1) is 65.6. The van der Waals surface area contributed by atoms with E-state index in [0.717, 1.165) is 10.5 Å². The van der Waals surface area contributed by atoms with Crippen LogP contribution >= 0.6 is 0 Å². The van der Waals surface area contributed by atoms with Crippen molar-refractivity contribution in [1.82, 2.24) is 46.4 Å². The predicted octanol–water partition coefficient (Wildman–Crippen LogP) is 3.82. The van der Waals surface area contributed by atoms with Crippen LogP contribution in [0.2, 0.25) is 0 Å². The Morgan fingerprint density at radius 1 is 0.775 bits per heavy atom. The van der Waals surface area contributed by atoms with Crippen molar-refractivity contribution >= 4 is 63.3 Å². The number of imide groups is 1. The van der Waals surface area contributed by atoms with Crippen LogP contribution in [0.5, 0.6) is 0 Å². The van der Waals surface area contributed by atoms with Gasteiger partial charge in [0, 0.05) is 49.7 Å². The van der Waals surface area contributed by atoms with Gasteiger partial charge in [-0.3, -0.25) is 43.3 Å². The molecule has 0 unspecified atom stereocenters. The molecule has 21 nitrogen and oxygen atoms in total. The van der Waals surface area contributed by atoms with Crippen LogP contribution in [0.4, 0.5) is 4.79 Å². The predicted molar refractivity (Wildman–Crippen MR) is 305 cm³/mol. The molecule has 1 heterocycles. The van der Waals surface area contributed by atoms with E-state index in [9.17, 15) is 51.6 Å². The van der Waals surface area contributed by atoms with Crippen molar-refractivity contribution in [2.45, 2.75) is 168 Å². The number of carbonyl (C=O) groups is 9. The number of rotatable bonds is 30. The van der Waals surface area contributed by atoms with Crippen LogP contribution in [0, 0.1) is 17.3 Å². The van der Waals surface area contributed by atoms with Gasteiger partial charge in [0.05, 0.1) is 23.4 Å². The number of benzene rings is 2. The SMILES string of the molecule is CN[C@H](C(=O)N[C@H](C(=O)N(C)[C@H](C=C(C)C(=O)NS(=O)(=O)Cc1ccc(C2(NC(=O)[C@@H](CCCNC(N)=O)NC(=O)[C@H](NC(=O)CCCCCN3C(=O)C=CC3=O)C(C)C)CC2)cc1)C(C)C)C(C)(C)C)C(C)(C)c1ccccc1. The molecule has 1 saturated carbocycles. The Hall–Kier alpha value is -6.94. The van der Waals surface area contributed by atoms with Crippen LogP contribution in [0.25, 0.3) is 0 Å². The highest BCUT2D eigenvalue weighted by Gasteiger charge is 2.47. The summed E-state index contributed by atoms with van der Waals surface area (Å²) in [4.78, 5) is 120. The molecule has 0 spiro atoms. The van der Waals surface area contributed by atoms with Gasteiger partial charge < -0.3 is 42.5 Å². The second-order valence-corrected chi connectivity index (χ2v) is 25.1. The van der Waals surface area contributed by atoms with Crippen LogP contribution in [0.3, 0.4) is 0 Å². The number of sulfonamides is 1. The molecule has 0 bridgehead atoms. The van der Waals surface area contributed by atoms with Gasteiger partial charge in [-0.25, -0.2) is 17.9 Å². The van der Waals surface area contributed by atoms with E-state index in [-0.39, 0.29) is 73.4 Å². The normalized spacial score (nSPS) is 16.3. The number of amides is 10. The van der Waals surface area contributed by atoms with Gasteiger partial charge in [0.1, 0.15) is 18.1 Å². The summed E-state index contributed by atoms with van der Waals surface area (Å²) in [5, 5.41) is 17.3. The summed E-state index contributed by atoms with van der Waals surface area (Å²) in [6.45, 7) is 18.6. The highest BCUT2D eigenvalue weighted by atomic mass is 32.2. The zero-order chi connectivity index (χ0) is 59.9. The Morgan fingerprint density at radius 3 is 1.93 bits per heavy atom. The molecule has 2 aromatic rings. The van der Waals surface area contributed by atoms with E-state index >= 15 is 0 Å². The Bertz CT molecular complexity index is 2710. The average molecular weight is 1130 g/mol. The molecule has 10 amide bonds. The summed E-state index contributed by atoms with van der Waals surface area (Å²) in [6.07, 6.45) is 7.07. The third-order valence-electron chi connectivity index (χ3n) is 14.7. The molecule has 0 saturated heterocycles. The van der Waals surface area contributed by atoms with E-state index in [1.54, 1.807) is 58.3 Å².